The molecule has 0 saturated carbocycles. The van der Waals surface area contributed by atoms with E-state index in [1.54, 1.807) is 13.0 Å². The number of hydrogen-bond acceptors (Lipinski definition) is 4. The summed E-state index contributed by atoms with van der Waals surface area (Å²) in [5, 5.41) is 0. The molecule has 0 radical (unpaired) electrons. The normalized spacial score (nSPS) is 11.7. The Bertz CT molecular complexity index is 681. The van der Waals surface area contributed by atoms with E-state index >= 15 is 0 Å². The van der Waals surface area contributed by atoms with Crippen LogP contribution in [0.3, 0.4) is 0 Å². The minimum absolute atomic E-state index is 0.0199. The Morgan fingerprint density at radius 2 is 2.16 bits per heavy atom. The lowest BCUT2D eigenvalue weighted by Gasteiger charge is -2.09. The number of benzene rings is 1. The number of nitrogens with one attached hydrogen (secondary N) is 1. The summed E-state index contributed by atoms with van der Waals surface area (Å²) in [6, 6.07) is 3.83. The van der Waals surface area contributed by atoms with Crippen LogP contribution in [0, 0.1) is 12.7 Å². The molecule has 19 heavy (non-hydrogen) atoms. The van der Waals surface area contributed by atoms with Gasteiger partial charge in [0, 0.05) is 17.8 Å². The van der Waals surface area contributed by atoms with Gasteiger partial charge in [-0.25, -0.2) is 17.5 Å². The number of furan rings is 1. The van der Waals surface area contributed by atoms with E-state index in [0.717, 1.165) is 12.1 Å². The molecule has 0 unspecified atom stereocenters. The molecular formula is C12H13FN2O3S. The van der Waals surface area contributed by atoms with Crippen LogP contribution in [0.2, 0.25) is 0 Å². The van der Waals surface area contributed by atoms with Gasteiger partial charge in [0.1, 0.15) is 10.7 Å². The Kier molecular flexibility index (Phi) is 3.59. The van der Waals surface area contributed by atoms with Crippen LogP contribution in [0.25, 0.3) is 0 Å². The number of hydrogen-bond donors (Lipinski definition) is 2. The minimum Gasteiger partial charge on any atom is -0.472 e. The van der Waals surface area contributed by atoms with E-state index in [-0.39, 0.29) is 12.2 Å². The zero-order valence-electron chi connectivity index (χ0n) is 10.2. The van der Waals surface area contributed by atoms with Crippen molar-refractivity contribution in [3.8, 4) is 0 Å². The Morgan fingerprint density at radius 3 is 2.79 bits per heavy atom. The van der Waals surface area contributed by atoms with Crippen molar-refractivity contribution >= 4 is 15.7 Å². The van der Waals surface area contributed by atoms with Crippen molar-refractivity contribution in [1.82, 2.24) is 4.72 Å². The van der Waals surface area contributed by atoms with Gasteiger partial charge in [-0.05, 0) is 30.7 Å². The number of anilines is 1. The highest BCUT2D eigenvalue weighted by Crippen LogP contribution is 2.21. The first kappa shape index (κ1) is 13.6. The maximum absolute atomic E-state index is 13.7. The zero-order valence-corrected chi connectivity index (χ0v) is 11.0. The Balaban J connectivity index is 2.27. The van der Waals surface area contributed by atoms with Crippen LogP contribution in [-0.2, 0) is 16.6 Å². The lowest BCUT2D eigenvalue weighted by Crippen LogP contribution is -2.24. The number of aryl methyl sites for hydroxylation is 1. The van der Waals surface area contributed by atoms with Crippen molar-refractivity contribution in [3.05, 3.63) is 47.7 Å². The quantitative estimate of drug-likeness (QED) is 0.838. The van der Waals surface area contributed by atoms with Gasteiger partial charge in [-0.15, -0.1) is 0 Å². The molecule has 1 aromatic carbocycles. The van der Waals surface area contributed by atoms with E-state index < -0.39 is 20.7 Å². The molecule has 0 fully saturated rings. The van der Waals surface area contributed by atoms with Gasteiger partial charge in [-0.1, -0.05) is 0 Å². The number of rotatable bonds is 4. The van der Waals surface area contributed by atoms with Gasteiger partial charge in [0.05, 0.1) is 12.5 Å². The topological polar surface area (TPSA) is 85.3 Å². The summed E-state index contributed by atoms with van der Waals surface area (Å²) in [5.74, 6) is -0.827. The monoisotopic (exact) mass is 284 g/mol. The molecule has 0 atom stereocenters. The highest BCUT2D eigenvalue weighted by atomic mass is 32.2. The molecule has 7 heteroatoms. The molecule has 0 amide bonds. The van der Waals surface area contributed by atoms with Crippen LogP contribution in [0.5, 0.6) is 0 Å². The van der Waals surface area contributed by atoms with Crippen LogP contribution in [0.4, 0.5) is 10.1 Å². The molecule has 0 aliphatic carbocycles. The summed E-state index contributed by atoms with van der Waals surface area (Å²) < 4.78 is 44.7. The molecule has 1 heterocycles. The summed E-state index contributed by atoms with van der Waals surface area (Å²) in [5.41, 5.74) is 6.96. The fourth-order valence-electron chi connectivity index (χ4n) is 1.52. The number of halogens is 1. The van der Waals surface area contributed by atoms with Crippen LogP contribution in [0.15, 0.2) is 40.0 Å². The minimum atomic E-state index is -3.95. The third kappa shape index (κ3) is 2.94. The van der Waals surface area contributed by atoms with Gasteiger partial charge in [0.2, 0.25) is 10.0 Å². The average molecular weight is 284 g/mol. The van der Waals surface area contributed by atoms with E-state index in [1.165, 1.54) is 12.5 Å². The second-order valence-corrected chi connectivity index (χ2v) is 5.83. The summed E-state index contributed by atoms with van der Waals surface area (Å²) in [7, 11) is -3.95. The summed E-state index contributed by atoms with van der Waals surface area (Å²) in [6.45, 7) is 1.62. The third-order valence-electron chi connectivity index (χ3n) is 2.66. The SMILES string of the molecule is Cc1cc(F)c(S(=O)(=O)NCc2ccoc2)cc1N. The molecule has 5 nitrogen and oxygen atoms in total. The molecule has 1 aromatic heterocycles. The first-order valence-corrected chi connectivity index (χ1v) is 6.95. The number of sulfonamides is 1. The molecule has 3 N–H and O–H groups in total. The largest absolute Gasteiger partial charge is 0.472 e. The lowest BCUT2D eigenvalue weighted by atomic mass is 10.2. The number of nitrogen functional groups attached to an aromatic ring is 1. The van der Waals surface area contributed by atoms with Gasteiger partial charge >= 0.3 is 0 Å². The molecule has 0 spiro atoms. The first-order valence-electron chi connectivity index (χ1n) is 5.46. The molecule has 0 aliphatic heterocycles. The van der Waals surface area contributed by atoms with Gasteiger partial charge < -0.3 is 10.2 Å². The predicted octanol–water partition coefficient (Wildman–Crippen LogP) is 1.79. The zero-order chi connectivity index (χ0) is 14.0. The highest BCUT2D eigenvalue weighted by molar-refractivity contribution is 7.89. The van der Waals surface area contributed by atoms with Crippen molar-refractivity contribution < 1.29 is 17.2 Å². The van der Waals surface area contributed by atoms with Gasteiger partial charge in [-0.2, -0.15) is 0 Å². The predicted molar refractivity (Wildman–Crippen MR) is 68.3 cm³/mol. The van der Waals surface area contributed by atoms with Crippen molar-refractivity contribution in [2.24, 2.45) is 0 Å². The maximum atomic E-state index is 13.7. The number of nitrogens with two attached hydrogens (primary N) is 1. The smallest absolute Gasteiger partial charge is 0.243 e. The average Bonchev–Trinajstić information content (AvgIpc) is 2.84. The van der Waals surface area contributed by atoms with E-state index in [2.05, 4.69) is 4.72 Å². The fourth-order valence-corrected chi connectivity index (χ4v) is 2.63. The Hall–Kier alpha value is -1.86. The van der Waals surface area contributed by atoms with Gasteiger partial charge in [0.15, 0.2) is 0 Å². The Morgan fingerprint density at radius 1 is 1.42 bits per heavy atom. The van der Waals surface area contributed by atoms with Crippen LogP contribution >= 0.6 is 0 Å². The van der Waals surface area contributed by atoms with Crippen molar-refractivity contribution in [2.75, 3.05) is 5.73 Å². The van der Waals surface area contributed by atoms with Crippen LogP contribution in [0.1, 0.15) is 11.1 Å². The van der Waals surface area contributed by atoms with Crippen LogP contribution < -0.4 is 10.5 Å². The highest BCUT2D eigenvalue weighted by Gasteiger charge is 2.20. The molecule has 0 bridgehead atoms. The molecular weight excluding hydrogens is 271 g/mol. The van der Waals surface area contributed by atoms with Crippen molar-refractivity contribution in [2.45, 2.75) is 18.4 Å². The molecule has 2 rings (SSSR count). The van der Waals surface area contributed by atoms with E-state index in [4.69, 9.17) is 10.2 Å². The summed E-state index contributed by atoms with van der Waals surface area (Å²) in [6.07, 6.45) is 2.83. The first-order chi connectivity index (χ1) is 8.90. The van der Waals surface area contributed by atoms with Gasteiger partial charge in [-0.3, -0.25) is 0 Å². The summed E-state index contributed by atoms with van der Waals surface area (Å²) in [4.78, 5) is -0.459. The Labute approximate surface area is 110 Å². The molecule has 0 saturated heterocycles. The van der Waals surface area contributed by atoms with E-state index in [1.807, 2.05) is 0 Å². The second kappa shape index (κ2) is 5.02. The van der Waals surface area contributed by atoms with Crippen LogP contribution in [-0.4, -0.2) is 8.42 Å². The molecule has 0 aliphatic rings. The van der Waals surface area contributed by atoms with Gasteiger partial charge in [0.25, 0.3) is 0 Å². The van der Waals surface area contributed by atoms with Crippen molar-refractivity contribution in [1.29, 1.82) is 0 Å². The summed E-state index contributed by atoms with van der Waals surface area (Å²) >= 11 is 0. The van der Waals surface area contributed by atoms with Crippen molar-refractivity contribution in [3.63, 3.8) is 0 Å². The maximum Gasteiger partial charge on any atom is 0.243 e. The lowest BCUT2D eigenvalue weighted by molar-refractivity contribution is 0.553. The standard InChI is InChI=1S/C12H13FN2O3S/c1-8-4-10(13)12(5-11(8)14)19(16,17)15-6-9-2-3-18-7-9/h2-5,7,15H,6,14H2,1H3. The third-order valence-corrected chi connectivity index (χ3v) is 4.07. The van der Waals surface area contributed by atoms with E-state index in [9.17, 15) is 12.8 Å². The second-order valence-electron chi connectivity index (χ2n) is 4.10. The molecule has 102 valence electrons. The molecule has 2 aromatic rings. The fraction of sp³-hybridized carbons (Fsp3) is 0.167. The van der Waals surface area contributed by atoms with E-state index in [0.29, 0.717) is 11.1 Å².